The fourth-order valence-electron chi connectivity index (χ4n) is 3.81. The minimum Gasteiger partial charge on any atom is -0.469 e. The highest BCUT2D eigenvalue weighted by molar-refractivity contribution is 6.70. The Morgan fingerprint density at radius 2 is 1.13 bits per heavy atom. The lowest BCUT2D eigenvalue weighted by Gasteiger charge is -2.35. The monoisotopic (exact) mass is 584 g/mol. The van der Waals surface area contributed by atoms with E-state index in [4.69, 9.17) is 13.3 Å². The van der Waals surface area contributed by atoms with Crippen molar-refractivity contribution in [3.8, 4) is 0 Å². The second-order valence-corrected chi connectivity index (χ2v) is 26.4. The molecule has 0 spiro atoms. The molecule has 2 atom stereocenters. The second kappa shape index (κ2) is 20.2. The van der Waals surface area contributed by atoms with Crippen LogP contribution in [0.4, 0.5) is 0 Å². The minimum atomic E-state index is -1.73. The quantitative estimate of drug-likeness (QED) is 0.0550. The van der Waals surface area contributed by atoms with Crippen LogP contribution in [0.15, 0.2) is 36.5 Å². The molecule has 0 amide bonds. The van der Waals surface area contributed by atoms with Gasteiger partial charge in [-0.05, 0) is 110 Å². The predicted molar refractivity (Wildman–Crippen MR) is 171 cm³/mol. The number of esters is 1. The van der Waals surface area contributed by atoms with Crippen LogP contribution in [0.25, 0.3) is 0 Å². The molecule has 0 rings (SSSR count). The Morgan fingerprint density at radius 3 is 1.66 bits per heavy atom. The van der Waals surface area contributed by atoms with E-state index in [-0.39, 0.29) is 18.2 Å². The first-order valence-electron chi connectivity index (χ1n) is 14.6. The smallest absolute Gasteiger partial charge is 0.305 e. The molecule has 0 aliphatic heterocycles. The van der Waals surface area contributed by atoms with Gasteiger partial charge in [0.2, 0.25) is 0 Å². The largest absolute Gasteiger partial charge is 0.469 e. The van der Waals surface area contributed by atoms with Crippen molar-refractivity contribution in [3.05, 3.63) is 36.5 Å². The Morgan fingerprint density at radius 1 is 0.632 bits per heavy atom. The molecule has 0 aliphatic carbocycles. The molecule has 2 unspecified atom stereocenters. The van der Waals surface area contributed by atoms with Crippen LogP contribution in [-0.2, 0) is 22.8 Å². The number of carbonyl (C=O) groups is 1. The predicted octanol–water partition coefficient (Wildman–Crippen LogP) is 9.02. The molecule has 0 heterocycles. The van der Waals surface area contributed by atoms with Crippen molar-refractivity contribution >= 4 is 30.9 Å². The average Bonchev–Trinajstić information content (AvgIpc) is 2.77. The van der Waals surface area contributed by atoms with Gasteiger partial charge in [-0.3, -0.25) is 4.79 Å². The van der Waals surface area contributed by atoms with Crippen LogP contribution < -0.4 is 0 Å². The lowest BCUT2D eigenvalue weighted by molar-refractivity contribution is -0.140. The van der Waals surface area contributed by atoms with Gasteiger partial charge < -0.3 is 18.0 Å². The zero-order valence-electron chi connectivity index (χ0n) is 26.4. The van der Waals surface area contributed by atoms with Crippen molar-refractivity contribution in [2.24, 2.45) is 0 Å². The normalized spacial score (nSPS) is 15.1. The molecule has 5 nitrogen and oxygen atoms in total. The number of unbranched alkanes of at least 4 members (excludes halogenated alkanes) is 4. The van der Waals surface area contributed by atoms with E-state index in [0.717, 1.165) is 51.6 Å². The highest BCUT2D eigenvalue weighted by atomic mass is 28.4. The summed E-state index contributed by atoms with van der Waals surface area (Å²) in [6, 6.07) is 0. The first kappa shape index (κ1) is 37.2. The maximum atomic E-state index is 11.2. The van der Waals surface area contributed by atoms with Crippen LogP contribution in [0, 0.1) is 0 Å². The Bertz CT molecular complexity index is 700. The highest BCUT2D eigenvalue weighted by Crippen LogP contribution is 2.23. The van der Waals surface area contributed by atoms with Gasteiger partial charge in [-0.15, -0.1) is 0 Å². The fourth-order valence-corrected chi connectivity index (χ4v) is 6.88. The van der Waals surface area contributed by atoms with E-state index < -0.39 is 25.0 Å². The summed E-state index contributed by atoms with van der Waals surface area (Å²) in [5.41, 5.74) is 0. The molecule has 0 saturated carbocycles. The molecule has 0 N–H and O–H groups in total. The molecule has 222 valence electrons. The van der Waals surface area contributed by atoms with Crippen LogP contribution >= 0.6 is 0 Å². The van der Waals surface area contributed by atoms with Gasteiger partial charge >= 0.3 is 5.97 Å². The molecule has 0 aromatic heterocycles. The maximum Gasteiger partial charge on any atom is 0.305 e. The Hall–Kier alpha value is -0.779. The van der Waals surface area contributed by atoms with E-state index in [2.05, 4.69) is 100 Å². The summed E-state index contributed by atoms with van der Waals surface area (Å²) >= 11 is 0. The number of methoxy groups -OCH3 is 1. The highest BCUT2D eigenvalue weighted by Gasteiger charge is 2.30. The van der Waals surface area contributed by atoms with E-state index in [9.17, 15) is 4.79 Å². The van der Waals surface area contributed by atoms with Gasteiger partial charge in [-0.2, -0.15) is 0 Å². The molecular formula is C30H60O5Si3. The van der Waals surface area contributed by atoms with Gasteiger partial charge in [0.1, 0.15) is 0 Å². The van der Waals surface area contributed by atoms with Gasteiger partial charge in [0.15, 0.2) is 25.0 Å². The summed E-state index contributed by atoms with van der Waals surface area (Å²) in [7, 11) is -3.40. The van der Waals surface area contributed by atoms with Crippen LogP contribution in [0.3, 0.4) is 0 Å². The summed E-state index contributed by atoms with van der Waals surface area (Å²) in [6.45, 7) is 21.2. The number of allylic oxidation sites excluding steroid dienone is 4. The molecule has 0 aromatic rings. The van der Waals surface area contributed by atoms with Crippen LogP contribution in [0.2, 0.25) is 58.9 Å². The molecule has 0 bridgehead atoms. The molecule has 38 heavy (non-hydrogen) atoms. The topological polar surface area (TPSA) is 54.0 Å². The van der Waals surface area contributed by atoms with Crippen molar-refractivity contribution in [1.82, 2.24) is 0 Å². The van der Waals surface area contributed by atoms with Crippen molar-refractivity contribution in [1.29, 1.82) is 0 Å². The van der Waals surface area contributed by atoms with Crippen molar-refractivity contribution in [2.75, 3.05) is 13.7 Å². The van der Waals surface area contributed by atoms with E-state index in [0.29, 0.717) is 6.42 Å². The molecule has 0 aromatic carbocycles. The van der Waals surface area contributed by atoms with Gasteiger partial charge in [-0.1, -0.05) is 42.9 Å². The second-order valence-electron chi connectivity index (χ2n) is 12.9. The fraction of sp³-hybridized carbons (Fsp3) is 0.767. The van der Waals surface area contributed by atoms with E-state index in [1.165, 1.54) is 20.0 Å². The van der Waals surface area contributed by atoms with Crippen LogP contribution in [0.1, 0.15) is 64.2 Å². The van der Waals surface area contributed by atoms with E-state index >= 15 is 0 Å². The molecular weight excluding hydrogens is 525 g/mol. The first-order chi connectivity index (χ1) is 17.6. The molecule has 0 radical (unpaired) electrons. The summed E-state index contributed by atoms with van der Waals surface area (Å²) < 4.78 is 24.0. The van der Waals surface area contributed by atoms with Crippen LogP contribution in [-0.4, -0.2) is 56.8 Å². The number of carbonyl (C=O) groups excluding carboxylic acids is 1. The molecule has 0 saturated heterocycles. The lowest BCUT2D eigenvalue weighted by atomic mass is 10.1. The summed E-state index contributed by atoms with van der Waals surface area (Å²) in [5, 5.41) is 0. The summed E-state index contributed by atoms with van der Waals surface area (Å²) in [6.07, 6.45) is 23.1. The van der Waals surface area contributed by atoms with E-state index in [1.807, 2.05) is 0 Å². The summed E-state index contributed by atoms with van der Waals surface area (Å²) in [5.74, 6) is -0.139. The third-order valence-corrected chi connectivity index (χ3v) is 8.55. The molecule has 0 fully saturated rings. The lowest BCUT2D eigenvalue weighted by Crippen LogP contribution is -2.44. The SMILES string of the molecule is COC(=O)CCC/C=C\C/C=C\CC(O[Si](C)(C)C)C(C/C=C\CCCCCO[Si](C)(C)C)O[Si](C)(C)C. The Kier molecular flexibility index (Phi) is 19.7. The van der Waals surface area contributed by atoms with E-state index in [1.54, 1.807) is 0 Å². The van der Waals surface area contributed by atoms with Crippen molar-refractivity contribution < 1.29 is 22.8 Å². The minimum absolute atomic E-state index is 0.0667. The number of rotatable bonds is 22. The zero-order chi connectivity index (χ0) is 29.1. The third kappa shape index (κ3) is 25.5. The van der Waals surface area contributed by atoms with Gasteiger partial charge in [-0.25, -0.2) is 0 Å². The zero-order valence-corrected chi connectivity index (χ0v) is 29.4. The number of ether oxygens (including phenoxy) is 1. The van der Waals surface area contributed by atoms with Crippen LogP contribution in [0.5, 0.6) is 0 Å². The summed E-state index contributed by atoms with van der Waals surface area (Å²) in [4.78, 5) is 11.2. The molecule has 0 aliphatic rings. The standard InChI is InChI=1S/C30H60O5Si3/c1-32-30(31)26-22-18-13-11-12-16-20-24-28(34-37(5,6)7)29(35-38(8,9)10)25-21-17-14-15-19-23-27-33-36(2,3)4/h11,13,16-17,20-21,28-29H,12,14-15,18-19,22-27H2,1-10H3/b13-11-,20-16-,21-17-. The maximum absolute atomic E-state index is 11.2. The Labute approximate surface area is 238 Å². The van der Waals surface area contributed by atoms with Crippen molar-refractivity contribution in [3.63, 3.8) is 0 Å². The Balaban J connectivity index is 4.84. The first-order valence-corrected chi connectivity index (χ1v) is 24.9. The van der Waals surface area contributed by atoms with Gasteiger partial charge in [0.25, 0.3) is 0 Å². The molecule has 8 heteroatoms. The third-order valence-electron chi connectivity index (χ3n) is 5.46. The van der Waals surface area contributed by atoms with Crippen molar-refractivity contribution in [2.45, 2.75) is 135 Å². The number of hydrogen-bond donors (Lipinski definition) is 0. The van der Waals surface area contributed by atoms with Gasteiger partial charge in [0.05, 0.1) is 19.3 Å². The number of hydrogen-bond acceptors (Lipinski definition) is 5. The van der Waals surface area contributed by atoms with Gasteiger partial charge in [0, 0.05) is 13.0 Å². The average molecular weight is 585 g/mol.